The number of benzene rings is 3. The van der Waals surface area contributed by atoms with Crippen LogP contribution in [0.5, 0.6) is 5.75 Å². The molecule has 4 aromatic rings. The third kappa shape index (κ3) is 5.32. The van der Waals surface area contributed by atoms with E-state index in [1.54, 1.807) is 6.92 Å². The van der Waals surface area contributed by atoms with E-state index in [1.807, 2.05) is 42.5 Å². The molecule has 1 fully saturated rings. The molecule has 0 N–H and O–H groups in total. The third-order valence-electron chi connectivity index (χ3n) is 8.57. The van der Waals surface area contributed by atoms with Crippen molar-refractivity contribution in [2.75, 3.05) is 19.8 Å². The number of rotatable bonds is 8. The zero-order chi connectivity index (χ0) is 29.3. The van der Waals surface area contributed by atoms with Crippen molar-refractivity contribution < 1.29 is 28.1 Å². The number of hydrogen-bond acceptors (Lipinski definition) is 5. The highest BCUT2D eigenvalue weighted by Gasteiger charge is 2.50. The Morgan fingerprint density at radius 3 is 2.45 bits per heavy atom. The minimum Gasteiger partial charge on any atom is -0.488 e. The second kappa shape index (κ2) is 11.5. The monoisotopic (exact) mass is 571 g/mol. The summed E-state index contributed by atoms with van der Waals surface area (Å²) in [6.45, 7) is 7.50. The summed E-state index contributed by atoms with van der Waals surface area (Å²) >= 11 is 0. The van der Waals surface area contributed by atoms with Crippen molar-refractivity contribution in [2.45, 2.75) is 70.2 Å². The number of esters is 1. The van der Waals surface area contributed by atoms with Gasteiger partial charge in [0, 0.05) is 27.7 Å². The molecule has 42 heavy (non-hydrogen) atoms. The van der Waals surface area contributed by atoms with Crippen molar-refractivity contribution in [3.8, 4) is 11.4 Å². The Bertz CT molecular complexity index is 1550. The molecule has 0 unspecified atom stereocenters. The lowest BCUT2D eigenvalue weighted by Gasteiger charge is -2.47. The van der Waals surface area contributed by atoms with Crippen molar-refractivity contribution in [3.63, 3.8) is 0 Å². The quantitative estimate of drug-likeness (QED) is 0.207. The van der Waals surface area contributed by atoms with E-state index < -0.39 is 5.60 Å². The Morgan fingerprint density at radius 1 is 1.00 bits per heavy atom. The lowest BCUT2D eigenvalue weighted by Crippen LogP contribution is -2.46. The van der Waals surface area contributed by atoms with Crippen molar-refractivity contribution in [3.05, 3.63) is 95.4 Å². The maximum atomic E-state index is 14.0. The van der Waals surface area contributed by atoms with E-state index >= 15 is 0 Å². The van der Waals surface area contributed by atoms with Crippen LogP contribution in [0, 0.1) is 5.82 Å². The van der Waals surface area contributed by atoms with E-state index in [-0.39, 0.29) is 29.9 Å². The Kier molecular flexibility index (Phi) is 7.81. The highest BCUT2D eigenvalue weighted by molar-refractivity contribution is 5.94. The fourth-order valence-corrected chi connectivity index (χ4v) is 6.57. The Morgan fingerprint density at radius 2 is 1.74 bits per heavy atom. The zero-order valence-corrected chi connectivity index (χ0v) is 24.5. The van der Waals surface area contributed by atoms with E-state index in [0.717, 1.165) is 64.8 Å². The zero-order valence-electron chi connectivity index (χ0n) is 24.5. The molecular formula is C35H38FNO5. The molecule has 0 saturated heterocycles. The molecule has 1 aromatic heterocycles. The van der Waals surface area contributed by atoms with Crippen LogP contribution in [0.2, 0.25) is 0 Å². The second-order valence-corrected chi connectivity index (χ2v) is 11.9. The van der Waals surface area contributed by atoms with Gasteiger partial charge in [-0.2, -0.15) is 0 Å². The van der Waals surface area contributed by atoms with E-state index in [1.165, 1.54) is 12.1 Å². The SMILES string of the molecule is CCOC(=O)CO[C@H]1CC[C@]2(CC1)OCC(C)(C)c1c2c2c(OCc3ccccc3)cccc2n1-c1ccc(F)cc1. The van der Waals surface area contributed by atoms with Crippen LogP contribution < -0.4 is 4.74 Å². The van der Waals surface area contributed by atoms with Crippen molar-refractivity contribution >= 4 is 16.9 Å². The topological polar surface area (TPSA) is 58.9 Å². The fourth-order valence-electron chi connectivity index (χ4n) is 6.57. The molecule has 3 aromatic carbocycles. The molecule has 220 valence electrons. The summed E-state index contributed by atoms with van der Waals surface area (Å²) in [5.41, 5.74) is 4.46. The van der Waals surface area contributed by atoms with E-state index in [0.29, 0.717) is 19.8 Å². The third-order valence-corrected chi connectivity index (χ3v) is 8.57. The normalized spacial score (nSPS) is 21.3. The first kappa shape index (κ1) is 28.4. The van der Waals surface area contributed by atoms with Gasteiger partial charge in [0.15, 0.2) is 0 Å². The lowest BCUT2D eigenvalue weighted by atomic mass is 9.71. The van der Waals surface area contributed by atoms with Gasteiger partial charge >= 0.3 is 5.97 Å². The molecule has 6 rings (SSSR count). The predicted molar refractivity (Wildman–Crippen MR) is 160 cm³/mol. The molecule has 0 radical (unpaired) electrons. The highest BCUT2D eigenvalue weighted by atomic mass is 19.1. The van der Waals surface area contributed by atoms with Gasteiger partial charge in [0.1, 0.15) is 24.8 Å². The number of ether oxygens (including phenoxy) is 4. The van der Waals surface area contributed by atoms with Gasteiger partial charge in [-0.3, -0.25) is 0 Å². The van der Waals surface area contributed by atoms with Gasteiger partial charge in [-0.1, -0.05) is 50.2 Å². The molecule has 1 spiro atoms. The number of carbonyl (C=O) groups excluding carboxylic acids is 1. The molecule has 6 nitrogen and oxygen atoms in total. The van der Waals surface area contributed by atoms with Crippen LogP contribution in [0.25, 0.3) is 16.6 Å². The van der Waals surface area contributed by atoms with Gasteiger partial charge in [-0.15, -0.1) is 0 Å². The highest BCUT2D eigenvalue weighted by Crippen LogP contribution is 2.55. The maximum absolute atomic E-state index is 14.0. The van der Waals surface area contributed by atoms with Crippen LogP contribution in [0.15, 0.2) is 72.8 Å². The number of hydrogen-bond donors (Lipinski definition) is 0. The van der Waals surface area contributed by atoms with Gasteiger partial charge in [0.2, 0.25) is 0 Å². The summed E-state index contributed by atoms with van der Waals surface area (Å²) < 4.78 is 40.7. The molecule has 7 heteroatoms. The number of carbonyl (C=O) groups is 1. The first-order chi connectivity index (χ1) is 20.3. The Hall–Kier alpha value is -3.68. The smallest absolute Gasteiger partial charge is 0.332 e. The first-order valence-electron chi connectivity index (χ1n) is 14.8. The predicted octanol–water partition coefficient (Wildman–Crippen LogP) is 7.37. The molecule has 2 aliphatic rings. The number of halogens is 1. The van der Waals surface area contributed by atoms with E-state index in [4.69, 9.17) is 18.9 Å². The van der Waals surface area contributed by atoms with E-state index in [2.05, 4.69) is 36.6 Å². The average molecular weight is 572 g/mol. The Labute approximate surface area is 246 Å². The summed E-state index contributed by atoms with van der Waals surface area (Å²) in [5, 5.41) is 1.03. The van der Waals surface area contributed by atoms with Crippen LogP contribution in [-0.2, 0) is 36.6 Å². The summed E-state index contributed by atoms with van der Waals surface area (Å²) in [6, 6.07) is 23.0. The van der Waals surface area contributed by atoms with Gasteiger partial charge < -0.3 is 23.5 Å². The van der Waals surface area contributed by atoms with Crippen LogP contribution in [0.1, 0.15) is 63.3 Å². The molecule has 2 heterocycles. The maximum Gasteiger partial charge on any atom is 0.332 e. The van der Waals surface area contributed by atoms with Crippen LogP contribution in [0.3, 0.4) is 0 Å². The lowest BCUT2D eigenvalue weighted by molar-refractivity contribution is -0.155. The minimum atomic E-state index is -0.537. The van der Waals surface area contributed by atoms with Gasteiger partial charge in [0.05, 0.1) is 30.4 Å². The fraction of sp³-hybridized carbons (Fsp3) is 0.400. The number of aromatic nitrogens is 1. The number of fused-ring (bicyclic) bond motifs is 4. The first-order valence-corrected chi connectivity index (χ1v) is 14.8. The Balaban J connectivity index is 1.46. The molecule has 1 saturated carbocycles. The van der Waals surface area contributed by atoms with Crippen LogP contribution in [-0.4, -0.2) is 36.5 Å². The largest absolute Gasteiger partial charge is 0.488 e. The van der Waals surface area contributed by atoms with Crippen LogP contribution >= 0.6 is 0 Å². The van der Waals surface area contributed by atoms with E-state index in [9.17, 15) is 9.18 Å². The summed E-state index contributed by atoms with van der Waals surface area (Å²) in [7, 11) is 0. The molecule has 0 bridgehead atoms. The van der Waals surface area contributed by atoms with Gasteiger partial charge in [-0.05, 0) is 74.6 Å². The molecule has 1 aliphatic carbocycles. The van der Waals surface area contributed by atoms with Crippen molar-refractivity contribution in [2.24, 2.45) is 0 Å². The molecule has 0 atom stereocenters. The summed E-state index contributed by atoms with van der Waals surface area (Å²) in [6.07, 6.45) is 2.98. The summed E-state index contributed by atoms with van der Waals surface area (Å²) in [4.78, 5) is 11.9. The summed E-state index contributed by atoms with van der Waals surface area (Å²) in [5.74, 6) is 0.198. The van der Waals surface area contributed by atoms with Crippen molar-refractivity contribution in [1.29, 1.82) is 0 Å². The van der Waals surface area contributed by atoms with Crippen molar-refractivity contribution in [1.82, 2.24) is 4.57 Å². The second-order valence-electron chi connectivity index (χ2n) is 11.9. The number of nitrogens with zero attached hydrogens (tertiary/aromatic N) is 1. The standard InChI is InChI=1S/C35H38FNO5/c1-4-39-30(38)22-40-27-17-19-35(20-18-27)32-31-28(11-8-12-29(31)41-21-24-9-6-5-7-10-24)37(26-15-13-25(36)14-16-26)33(32)34(2,3)23-42-35/h5-16,27H,4,17-23H2,1-3H3/t27-,35+. The van der Waals surface area contributed by atoms with Gasteiger partial charge in [0.25, 0.3) is 0 Å². The van der Waals surface area contributed by atoms with Crippen LogP contribution in [0.4, 0.5) is 4.39 Å². The van der Waals surface area contributed by atoms with Gasteiger partial charge in [-0.25, -0.2) is 9.18 Å². The minimum absolute atomic E-state index is 0.0357. The molecule has 1 aliphatic heterocycles. The molecular weight excluding hydrogens is 533 g/mol. The molecule has 0 amide bonds. The average Bonchev–Trinajstić information content (AvgIpc) is 3.37.